The van der Waals surface area contributed by atoms with Crippen LogP contribution < -0.4 is 22.1 Å². The standard InChI is InChI=1S/C20H18N6OS2/c21-19(22)25-12-3-1-11(2-4-12)15-7-8-16(28-15)13-5-6-14(27-13)17-9-10-18(29-17)26-20(23)24/h1-10H,(H4,21,22,25)(H4,23,24,26). The van der Waals surface area contributed by atoms with E-state index in [0.717, 1.165) is 42.4 Å². The van der Waals surface area contributed by atoms with Gasteiger partial charge < -0.3 is 26.5 Å². The van der Waals surface area contributed by atoms with Crippen molar-refractivity contribution in [3.8, 4) is 31.7 Å². The minimum absolute atomic E-state index is 0.0836. The molecule has 4 rings (SSSR count). The molecule has 0 saturated carbocycles. The van der Waals surface area contributed by atoms with Crippen LogP contribution in [0.25, 0.3) is 31.7 Å². The number of hydrogen-bond acceptors (Lipinski definition) is 5. The van der Waals surface area contributed by atoms with Crippen molar-refractivity contribution in [3.63, 3.8) is 0 Å². The number of guanidine groups is 2. The third-order valence-electron chi connectivity index (χ3n) is 4.01. The van der Waals surface area contributed by atoms with Crippen molar-refractivity contribution in [1.29, 1.82) is 10.8 Å². The first-order valence-electron chi connectivity index (χ1n) is 8.61. The third-order valence-corrected chi connectivity index (χ3v) is 6.17. The zero-order valence-corrected chi connectivity index (χ0v) is 16.8. The van der Waals surface area contributed by atoms with Crippen LogP contribution in [0.5, 0.6) is 0 Å². The summed E-state index contributed by atoms with van der Waals surface area (Å²) >= 11 is 3.12. The number of furan rings is 1. The van der Waals surface area contributed by atoms with Crippen LogP contribution in [-0.4, -0.2) is 11.9 Å². The molecule has 146 valence electrons. The summed E-state index contributed by atoms with van der Waals surface area (Å²) in [6, 6.07) is 19.6. The molecule has 7 nitrogen and oxygen atoms in total. The molecule has 0 radical (unpaired) electrons. The van der Waals surface area contributed by atoms with Crippen molar-refractivity contribution in [2.45, 2.75) is 0 Å². The van der Waals surface area contributed by atoms with E-state index in [2.05, 4.69) is 16.7 Å². The van der Waals surface area contributed by atoms with Crippen molar-refractivity contribution in [2.75, 3.05) is 10.6 Å². The van der Waals surface area contributed by atoms with E-state index in [1.807, 2.05) is 54.6 Å². The molecule has 0 spiro atoms. The predicted octanol–water partition coefficient (Wildman–Crippen LogP) is 5.01. The van der Waals surface area contributed by atoms with E-state index in [-0.39, 0.29) is 11.9 Å². The highest BCUT2D eigenvalue weighted by Crippen LogP contribution is 2.39. The molecule has 8 N–H and O–H groups in total. The van der Waals surface area contributed by atoms with Gasteiger partial charge in [0.15, 0.2) is 11.9 Å². The molecule has 0 aliphatic heterocycles. The molecule has 0 saturated heterocycles. The minimum Gasteiger partial charge on any atom is -0.454 e. The van der Waals surface area contributed by atoms with E-state index in [0.29, 0.717) is 0 Å². The first kappa shape index (κ1) is 18.8. The normalized spacial score (nSPS) is 10.6. The summed E-state index contributed by atoms with van der Waals surface area (Å²) < 4.78 is 6.05. The van der Waals surface area contributed by atoms with E-state index >= 15 is 0 Å². The summed E-state index contributed by atoms with van der Waals surface area (Å²) in [4.78, 5) is 3.12. The molecular formula is C20H18N6OS2. The van der Waals surface area contributed by atoms with Gasteiger partial charge >= 0.3 is 0 Å². The first-order valence-corrected chi connectivity index (χ1v) is 10.2. The van der Waals surface area contributed by atoms with Crippen molar-refractivity contribution < 1.29 is 4.42 Å². The zero-order valence-electron chi connectivity index (χ0n) is 15.2. The second-order valence-electron chi connectivity index (χ2n) is 6.15. The van der Waals surface area contributed by atoms with E-state index in [1.165, 1.54) is 11.3 Å². The van der Waals surface area contributed by atoms with Gasteiger partial charge in [-0.25, -0.2) is 0 Å². The van der Waals surface area contributed by atoms with Gasteiger partial charge in [0.25, 0.3) is 0 Å². The van der Waals surface area contributed by atoms with Crippen LogP contribution >= 0.6 is 22.7 Å². The Morgan fingerprint density at radius 3 is 1.93 bits per heavy atom. The van der Waals surface area contributed by atoms with E-state index in [9.17, 15) is 0 Å². The highest BCUT2D eigenvalue weighted by Gasteiger charge is 2.12. The van der Waals surface area contributed by atoms with E-state index in [4.69, 9.17) is 26.7 Å². The molecule has 3 heterocycles. The van der Waals surface area contributed by atoms with Gasteiger partial charge in [0.1, 0.15) is 11.5 Å². The summed E-state index contributed by atoms with van der Waals surface area (Å²) in [6.07, 6.45) is 0. The molecule has 0 aliphatic carbocycles. The van der Waals surface area contributed by atoms with Gasteiger partial charge in [0.05, 0.1) is 14.8 Å². The van der Waals surface area contributed by atoms with Gasteiger partial charge in [-0.2, -0.15) is 0 Å². The van der Waals surface area contributed by atoms with Crippen molar-refractivity contribution in [3.05, 3.63) is 60.7 Å². The Balaban J connectivity index is 1.52. The molecule has 4 aromatic rings. The van der Waals surface area contributed by atoms with Crippen LogP contribution in [0.2, 0.25) is 0 Å². The lowest BCUT2D eigenvalue weighted by molar-refractivity contribution is 0.600. The van der Waals surface area contributed by atoms with Gasteiger partial charge in [0, 0.05) is 10.6 Å². The second-order valence-corrected chi connectivity index (χ2v) is 8.31. The van der Waals surface area contributed by atoms with Crippen LogP contribution in [0.4, 0.5) is 10.7 Å². The van der Waals surface area contributed by atoms with Crippen LogP contribution in [0.15, 0.2) is 65.1 Å². The molecule has 3 aromatic heterocycles. The number of rotatable bonds is 5. The number of thiophene rings is 2. The van der Waals surface area contributed by atoms with Crippen LogP contribution in [0, 0.1) is 10.8 Å². The maximum atomic E-state index is 7.31. The Labute approximate surface area is 175 Å². The highest BCUT2D eigenvalue weighted by atomic mass is 32.1. The fourth-order valence-electron chi connectivity index (χ4n) is 2.77. The molecule has 0 fully saturated rings. The lowest BCUT2D eigenvalue weighted by Gasteiger charge is -2.04. The molecule has 0 amide bonds. The third kappa shape index (κ3) is 4.31. The topological polar surface area (TPSA) is 137 Å². The molecular weight excluding hydrogens is 404 g/mol. The first-order chi connectivity index (χ1) is 14.0. The molecule has 9 heteroatoms. The predicted molar refractivity (Wildman–Crippen MR) is 122 cm³/mol. The van der Waals surface area contributed by atoms with Gasteiger partial charge in [0.2, 0.25) is 0 Å². The molecule has 0 bridgehead atoms. The second kappa shape index (κ2) is 7.82. The Bertz CT molecular complexity index is 1170. The summed E-state index contributed by atoms with van der Waals surface area (Å²) in [5, 5.41) is 20.9. The smallest absolute Gasteiger partial charge is 0.190 e. The molecule has 29 heavy (non-hydrogen) atoms. The molecule has 1 aromatic carbocycles. The Morgan fingerprint density at radius 2 is 1.28 bits per heavy atom. The lowest BCUT2D eigenvalue weighted by atomic mass is 10.2. The average molecular weight is 423 g/mol. The average Bonchev–Trinajstić information content (AvgIpc) is 3.41. The van der Waals surface area contributed by atoms with Crippen LogP contribution in [0.1, 0.15) is 0 Å². The number of benzene rings is 1. The number of hydrogen-bond donors (Lipinski definition) is 6. The fraction of sp³-hybridized carbons (Fsp3) is 0. The number of anilines is 2. The largest absolute Gasteiger partial charge is 0.454 e. The quantitative estimate of drug-likeness (QED) is 0.198. The van der Waals surface area contributed by atoms with Gasteiger partial charge in [-0.05, 0) is 54.1 Å². The van der Waals surface area contributed by atoms with Gasteiger partial charge in [-0.1, -0.05) is 12.1 Å². The summed E-state index contributed by atoms with van der Waals surface area (Å²) in [6.45, 7) is 0. The van der Waals surface area contributed by atoms with E-state index < -0.39 is 0 Å². The number of nitrogens with two attached hydrogens (primary N) is 2. The maximum absolute atomic E-state index is 7.31. The van der Waals surface area contributed by atoms with Crippen LogP contribution in [-0.2, 0) is 0 Å². The van der Waals surface area contributed by atoms with Gasteiger partial charge in [-0.3, -0.25) is 10.8 Å². The van der Waals surface area contributed by atoms with Gasteiger partial charge in [-0.15, -0.1) is 22.7 Å². The van der Waals surface area contributed by atoms with Crippen LogP contribution in [0.3, 0.4) is 0 Å². The van der Waals surface area contributed by atoms with Crippen molar-refractivity contribution >= 4 is 45.3 Å². The summed E-state index contributed by atoms with van der Waals surface area (Å²) in [5.41, 5.74) is 12.6. The Hall–Kier alpha value is -3.56. The Morgan fingerprint density at radius 1 is 0.690 bits per heavy atom. The molecule has 0 aliphatic rings. The highest BCUT2D eigenvalue weighted by molar-refractivity contribution is 7.19. The molecule has 0 atom stereocenters. The summed E-state index contributed by atoms with van der Waals surface area (Å²) in [5.74, 6) is 1.41. The number of nitrogens with one attached hydrogen (secondary N) is 4. The van der Waals surface area contributed by atoms with Crippen molar-refractivity contribution in [2.24, 2.45) is 11.5 Å². The van der Waals surface area contributed by atoms with Crippen molar-refractivity contribution in [1.82, 2.24) is 0 Å². The van der Waals surface area contributed by atoms with E-state index in [1.54, 1.807) is 11.3 Å². The zero-order chi connectivity index (χ0) is 20.4. The fourth-order valence-corrected chi connectivity index (χ4v) is 4.63. The lowest BCUT2D eigenvalue weighted by Crippen LogP contribution is -2.20. The maximum Gasteiger partial charge on any atom is 0.190 e. The SMILES string of the molecule is N=C(N)Nc1ccc(-c2ccc(-c3ccc(-c4ccc(NC(=N)N)s4)o3)s2)cc1. The molecule has 0 unspecified atom stereocenters. The summed E-state index contributed by atoms with van der Waals surface area (Å²) in [7, 11) is 0. The Kier molecular flexibility index (Phi) is 5.07. The minimum atomic E-state index is -0.0882. The monoisotopic (exact) mass is 422 g/mol.